The number of anilines is 1. The predicted octanol–water partition coefficient (Wildman–Crippen LogP) is -0.168. The van der Waals surface area contributed by atoms with Gasteiger partial charge in [-0.25, -0.2) is 4.99 Å². The Kier molecular flexibility index (Phi) is 5.43. The summed E-state index contributed by atoms with van der Waals surface area (Å²) in [6, 6.07) is 20.8. The molecule has 3 aromatic carbocycles. The molecule has 4 N–H and O–H groups in total. The number of rotatable bonds is 1. The molecule has 0 atom stereocenters. The van der Waals surface area contributed by atoms with Crippen LogP contribution in [-0.4, -0.2) is 5.71 Å². The van der Waals surface area contributed by atoms with Crippen molar-refractivity contribution in [3.05, 3.63) is 95.5 Å². The summed E-state index contributed by atoms with van der Waals surface area (Å²) in [4.78, 5) is 7.17. The van der Waals surface area contributed by atoms with Crippen LogP contribution in [0, 0.1) is 0 Å². The molecule has 0 fully saturated rings. The van der Waals surface area contributed by atoms with Crippen molar-refractivity contribution in [3.8, 4) is 11.1 Å². The number of hydrogen-bond acceptors (Lipinski definition) is 3. The van der Waals surface area contributed by atoms with E-state index in [9.17, 15) is 0 Å². The van der Waals surface area contributed by atoms with Gasteiger partial charge in [-0.2, -0.15) is 0 Å². The quantitative estimate of drug-likeness (QED) is 0.278. The van der Waals surface area contributed by atoms with E-state index in [1.54, 1.807) is 11.8 Å². The van der Waals surface area contributed by atoms with Crippen LogP contribution in [0.25, 0.3) is 16.7 Å². The number of allylic oxidation sites excluding steroid dienone is 4. The molecule has 1 aliphatic heterocycles. The fraction of sp³-hybridized carbons (Fsp3) is 0. The highest BCUT2D eigenvalue weighted by molar-refractivity contribution is 7.99. The lowest BCUT2D eigenvalue weighted by atomic mass is 10.0. The van der Waals surface area contributed by atoms with E-state index in [1.165, 1.54) is 10.8 Å². The molecule has 5 rings (SSSR count). The van der Waals surface area contributed by atoms with E-state index in [0.717, 1.165) is 43.4 Å². The lowest BCUT2D eigenvalue weighted by Crippen LogP contribution is -3.00. The second kappa shape index (κ2) is 8.00. The van der Waals surface area contributed by atoms with E-state index < -0.39 is 0 Å². The van der Waals surface area contributed by atoms with Crippen LogP contribution in [0.5, 0.6) is 0 Å². The third-order valence-corrected chi connectivity index (χ3v) is 5.96. The lowest BCUT2D eigenvalue weighted by Gasteiger charge is -2.14. The van der Waals surface area contributed by atoms with Crippen molar-refractivity contribution in [3.63, 3.8) is 0 Å². The Hall–Kier alpha value is -2.64. The summed E-state index contributed by atoms with van der Waals surface area (Å²) < 4.78 is 0. The summed E-state index contributed by atoms with van der Waals surface area (Å²) in [5, 5.41) is 7.99. The van der Waals surface area contributed by atoms with Gasteiger partial charge in [0.15, 0.2) is 5.71 Å². The van der Waals surface area contributed by atoms with E-state index in [1.807, 2.05) is 24.3 Å². The van der Waals surface area contributed by atoms with Crippen LogP contribution >= 0.6 is 11.8 Å². The summed E-state index contributed by atoms with van der Waals surface area (Å²) in [5.41, 5.74) is 11.8. The van der Waals surface area contributed by atoms with Crippen molar-refractivity contribution >= 4 is 34.4 Å². The van der Waals surface area contributed by atoms with Gasteiger partial charge in [-0.3, -0.25) is 5.41 Å². The van der Waals surface area contributed by atoms with E-state index in [4.69, 9.17) is 16.1 Å². The molecular weight excluding hydrogens is 489 g/mol. The molecule has 0 saturated carbocycles. The molecule has 3 aromatic rings. The lowest BCUT2D eigenvalue weighted by molar-refractivity contribution is -0.110. The van der Waals surface area contributed by atoms with Gasteiger partial charge < -0.3 is 29.7 Å². The summed E-state index contributed by atoms with van der Waals surface area (Å²) in [6.07, 6.45) is 7.96. The van der Waals surface area contributed by atoms with Crippen molar-refractivity contribution in [1.82, 2.24) is 0 Å². The Morgan fingerprint density at radius 1 is 0.759 bits per heavy atom. The van der Waals surface area contributed by atoms with E-state index in [0.29, 0.717) is 0 Å². The average molecular weight is 507 g/mol. The zero-order valence-corrected chi connectivity index (χ0v) is 18.4. The topological polar surface area (TPSA) is 64.0 Å². The first-order valence-electron chi connectivity index (χ1n) is 9.05. The molecule has 0 spiro atoms. The van der Waals surface area contributed by atoms with Crippen LogP contribution in [0.15, 0.2) is 99.8 Å². The normalized spacial score (nSPS) is 13.9. The zero-order valence-electron chi connectivity index (χ0n) is 15.5. The van der Waals surface area contributed by atoms with Crippen molar-refractivity contribution in [2.24, 2.45) is 4.99 Å². The minimum Gasteiger partial charge on any atom is -1.00 e. The van der Waals surface area contributed by atoms with Gasteiger partial charge in [-0.05, 0) is 70.5 Å². The SMILES string of the molecule is Nc1ccc(-c2ccc3c(c2)Sc2cc(=C4C=CC(=[NH2+])C=C4)ccc2=N3)cc1.[I-]. The van der Waals surface area contributed by atoms with Crippen LogP contribution in [0.4, 0.5) is 11.4 Å². The molecule has 0 amide bonds. The number of hydrogen-bond donors (Lipinski definition) is 2. The molecule has 0 aromatic heterocycles. The summed E-state index contributed by atoms with van der Waals surface area (Å²) in [5.74, 6) is 0. The standard InChI is InChI=1S/C24H17N3S.HI/c25-19-7-1-15(2-8-19)17-5-11-21-23(13-17)28-24-14-18(6-12-22(24)27-21)16-3-9-20(26)10-4-16;/h1-14,25H,26H2;1H. The predicted molar refractivity (Wildman–Crippen MR) is 116 cm³/mol. The molecule has 1 heterocycles. The minimum absolute atomic E-state index is 0. The van der Waals surface area contributed by atoms with Gasteiger partial charge in [-0.1, -0.05) is 36.0 Å². The molecule has 0 bridgehead atoms. The maximum absolute atomic E-state index is 5.81. The van der Waals surface area contributed by atoms with Gasteiger partial charge in [0.2, 0.25) is 0 Å². The smallest absolute Gasteiger partial charge is 0.196 e. The molecule has 2 aliphatic rings. The van der Waals surface area contributed by atoms with Crippen molar-refractivity contribution in [2.75, 3.05) is 5.73 Å². The summed E-state index contributed by atoms with van der Waals surface area (Å²) >= 11 is 1.76. The number of nitrogens with zero attached hydrogens (tertiary/aromatic N) is 1. The molecule has 1 aliphatic carbocycles. The third kappa shape index (κ3) is 3.93. The summed E-state index contributed by atoms with van der Waals surface area (Å²) in [7, 11) is 0. The number of benzene rings is 3. The number of nitrogen functional groups attached to an aromatic ring is 1. The molecule has 142 valence electrons. The van der Waals surface area contributed by atoms with Crippen LogP contribution in [-0.2, 0) is 0 Å². The number of fused-ring (bicyclic) bond motifs is 2. The molecule has 5 heteroatoms. The van der Waals surface area contributed by atoms with Crippen molar-refractivity contribution in [1.29, 1.82) is 0 Å². The molecular formula is C24H18IN3S. The van der Waals surface area contributed by atoms with E-state index in [-0.39, 0.29) is 24.0 Å². The van der Waals surface area contributed by atoms with Gasteiger partial charge in [0, 0.05) is 27.6 Å². The summed E-state index contributed by atoms with van der Waals surface area (Å²) in [6.45, 7) is 0. The molecule has 0 saturated heterocycles. The largest absolute Gasteiger partial charge is 1.00 e. The fourth-order valence-corrected chi connectivity index (χ4v) is 4.38. The van der Waals surface area contributed by atoms with E-state index in [2.05, 4.69) is 60.7 Å². The Bertz CT molecular complexity index is 1290. The Morgan fingerprint density at radius 3 is 2.24 bits per heavy atom. The first kappa shape index (κ1) is 19.7. The zero-order chi connectivity index (χ0) is 19.1. The fourth-order valence-electron chi connectivity index (χ4n) is 3.33. The van der Waals surface area contributed by atoms with Crippen LogP contribution in [0.1, 0.15) is 0 Å². The highest BCUT2D eigenvalue weighted by Crippen LogP contribution is 2.39. The molecule has 29 heavy (non-hydrogen) atoms. The highest BCUT2D eigenvalue weighted by atomic mass is 127. The first-order chi connectivity index (χ1) is 13.7. The van der Waals surface area contributed by atoms with Crippen molar-refractivity contribution in [2.45, 2.75) is 9.79 Å². The van der Waals surface area contributed by atoms with Gasteiger partial charge in [0.25, 0.3) is 0 Å². The maximum Gasteiger partial charge on any atom is 0.196 e. The third-order valence-electron chi connectivity index (χ3n) is 4.87. The Morgan fingerprint density at radius 2 is 1.48 bits per heavy atom. The van der Waals surface area contributed by atoms with Crippen LogP contribution < -0.4 is 45.7 Å². The minimum atomic E-state index is 0. The van der Waals surface area contributed by atoms with Crippen LogP contribution in [0.2, 0.25) is 0 Å². The Labute approximate surface area is 190 Å². The number of halogens is 1. The Balaban J connectivity index is 0.00000205. The monoisotopic (exact) mass is 507 g/mol. The van der Waals surface area contributed by atoms with E-state index >= 15 is 0 Å². The maximum atomic E-state index is 5.81. The van der Waals surface area contributed by atoms with Crippen molar-refractivity contribution < 1.29 is 29.4 Å². The van der Waals surface area contributed by atoms with Gasteiger partial charge in [0.05, 0.1) is 11.0 Å². The molecule has 3 nitrogen and oxygen atoms in total. The highest BCUT2D eigenvalue weighted by Gasteiger charge is 2.13. The number of nitrogens with two attached hydrogens (primary N) is 2. The molecule has 0 radical (unpaired) electrons. The van der Waals surface area contributed by atoms with Gasteiger partial charge >= 0.3 is 0 Å². The average Bonchev–Trinajstić information content (AvgIpc) is 2.72. The second-order valence-electron chi connectivity index (χ2n) is 6.82. The van der Waals surface area contributed by atoms with Gasteiger partial charge in [0.1, 0.15) is 0 Å². The molecule has 0 unspecified atom stereocenters. The second-order valence-corrected chi connectivity index (χ2v) is 7.91. The first-order valence-corrected chi connectivity index (χ1v) is 9.87. The van der Waals surface area contributed by atoms with Gasteiger partial charge in [-0.15, -0.1) is 0 Å². The van der Waals surface area contributed by atoms with Crippen LogP contribution in [0.3, 0.4) is 0 Å².